The molecule has 37 heavy (non-hydrogen) atoms. The molecule has 2 amide bonds. The number of aliphatic carboxylic acids is 2. The molecule has 210 valence electrons. The molecule has 0 bridgehead atoms. The van der Waals surface area contributed by atoms with Crippen LogP contribution in [0.5, 0.6) is 0 Å². The van der Waals surface area contributed by atoms with E-state index in [1.54, 1.807) is 13.8 Å². The number of carboxylic acids is 2. The maximum Gasteiger partial charge on any atom is 0.416 e. The number of benzene rings is 1. The largest absolute Gasteiger partial charge is 0.478 e. The van der Waals surface area contributed by atoms with Gasteiger partial charge in [0.15, 0.2) is 9.84 Å². The Kier molecular flexibility index (Phi) is 14.5. The topological polar surface area (TPSA) is 144 Å². The average Bonchev–Trinajstić information content (AvgIpc) is 2.80. The van der Waals surface area contributed by atoms with Gasteiger partial charge in [0, 0.05) is 37.8 Å². The highest BCUT2D eigenvalue weighted by molar-refractivity contribution is 7.91. The van der Waals surface area contributed by atoms with E-state index in [-0.39, 0.29) is 12.6 Å². The van der Waals surface area contributed by atoms with E-state index < -0.39 is 50.2 Å². The molecule has 1 aromatic carbocycles. The van der Waals surface area contributed by atoms with Crippen LogP contribution in [0.3, 0.4) is 0 Å². The molecule has 0 unspecified atom stereocenters. The van der Waals surface area contributed by atoms with E-state index in [0.717, 1.165) is 31.3 Å². The highest BCUT2D eigenvalue weighted by atomic mass is 32.2. The lowest BCUT2D eigenvalue weighted by Gasteiger charge is -2.27. The van der Waals surface area contributed by atoms with Crippen LogP contribution in [0.15, 0.2) is 41.3 Å². The normalized spacial score (nSPS) is 11.8. The standard InChI is InChI=1S/C19H30F3N3O3S.C4H4O4/c1-5-24(6-2)11-10-23-18(26)25(15(3)4)12-13-29(27,28)17-9-7-8-16(14-17)19(20,21)22;5-3(6)1-2-4(7)8/h7-9,14-15H,5-6,10-13H2,1-4H3,(H,23,26);1-2H,(H,5,6)(H,7,8). The lowest BCUT2D eigenvalue weighted by molar-refractivity contribution is -0.137. The number of likely N-dealkylation sites (N-methyl/N-ethyl adjacent to an activating group) is 1. The molecule has 14 heteroatoms. The fraction of sp³-hybridized carbons (Fsp3) is 0.522. The Balaban J connectivity index is 0.00000139. The van der Waals surface area contributed by atoms with Crippen molar-refractivity contribution >= 4 is 27.8 Å². The molecule has 1 rings (SSSR count). The van der Waals surface area contributed by atoms with E-state index in [4.69, 9.17) is 10.2 Å². The van der Waals surface area contributed by atoms with Crippen molar-refractivity contribution in [3.8, 4) is 0 Å². The molecule has 0 aliphatic carbocycles. The predicted octanol–water partition coefficient (Wildman–Crippen LogP) is 2.95. The quantitative estimate of drug-likeness (QED) is 0.335. The van der Waals surface area contributed by atoms with Crippen molar-refractivity contribution in [1.29, 1.82) is 0 Å². The van der Waals surface area contributed by atoms with Crippen LogP contribution in [-0.2, 0) is 25.6 Å². The fourth-order valence-corrected chi connectivity index (χ4v) is 4.17. The van der Waals surface area contributed by atoms with Gasteiger partial charge in [-0.05, 0) is 45.1 Å². The second kappa shape index (κ2) is 15.9. The Morgan fingerprint density at radius 3 is 2.00 bits per heavy atom. The minimum atomic E-state index is -4.62. The van der Waals surface area contributed by atoms with Crippen molar-refractivity contribution in [3.63, 3.8) is 0 Å². The van der Waals surface area contributed by atoms with Crippen molar-refractivity contribution in [2.45, 2.75) is 44.8 Å². The molecule has 0 saturated carbocycles. The summed E-state index contributed by atoms with van der Waals surface area (Å²) >= 11 is 0. The van der Waals surface area contributed by atoms with E-state index >= 15 is 0 Å². The van der Waals surface area contributed by atoms with Crippen molar-refractivity contribution in [3.05, 3.63) is 42.0 Å². The number of hydrogen-bond donors (Lipinski definition) is 3. The van der Waals surface area contributed by atoms with Crippen molar-refractivity contribution in [2.24, 2.45) is 0 Å². The lowest BCUT2D eigenvalue weighted by atomic mass is 10.2. The molecule has 0 spiro atoms. The highest BCUT2D eigenvalue weighted by Gasteiger charge is 2.32. The molecule has 0 heterocycles. The van der Waals surface area contributed by atoms with Crippen LogP contribution in [-0.4, -0.2) is 90.9 Å². The zero-order valence-corrected chi connectivity index (χ0v) is 22.0. The summed E-state index contributed by atoms with van der Waals surface area (Å²) in [4.78, 5) is 34.6. The third-order valence-electron chi connectivity index (χ3n) is 4.97. The summed E-state index contributed by atoms with van der Waals surface area (Å²) in [5, 5.41) is 18.4. The number of carboxylic acid groups (broad SMARTS) is 2. The molecule has 0 saturated heterocycles. The maximum absolute atomic E-state index is 12.8. The Morgan fingerprint density at radius 2 is 1.57 bits per heavy atom. The Bertz CT molecular complexity index is 1010. The number of sulfone groups is 1. The van der Waals surface area contributed by atoms with Gasteiger partial charge in [0.2, 0.25) is 0 Å². The Hall–Kier alpha value is -3.13. The number of alkyl halides is 3. The molecule has 0 aliphatic heterocycles. The molecule has 0 aliphatic rings. The first-order chi connectivity index (χ1) is 17.0. The number of urea groups is 1. The lowest BCUT2D eigenvalue weighted by Crippen LogP contribution is -2.47. The summed E-state index contributed by atoms with van der Waals surface area (Å²) < 4.78 is 63.6. The number of carbonyl (C=O) groups excluding carboxylic acids is 1. The van der Waals surface area contributed by atoms with Crippen molar-refractivity contribution in [2.75, 3.05) is 38.5 Å². The van der Waals surface area contributed by atoms with E-state index in [2.05, 4.69) is 10.2 Å². The highest BCUT2D eigenvalue weighted by Crippen LogP contribution is 2.30. The fourth-order valence-electron chi connectivity index (χ4n) is 2.90. The first-order valence-electron chi connectivity index (χ1n) is 11.4. The molecular formula is C23H34F3N3O7S. The number of nitrogens with zero attached hydrogens (tertiary/aromatic N) is 2. The number of hydrogen-bond acceptors (Lipinski definition) is 6. The monoisotopic (exact) mass is 553 g/mol. The SMILES string of the molecule is CCN(CC)CCNC(=O)N(CCS(=O)(=O)c1cccc(C(F)(F)F)c1)C(C)C.O=C(O)C=CC(=O)O. The zero-order chi connectivity index (χ0) is 28.8. The van der Waals surface area contributed by atoms with Crippen LogP contribution in [0.2, 0.25) is 0 Å². The minimum absolute atomic E-state index is 0.118. The summed E-state index contributed by atoms with van der Waals surface area (Å²) in [5.41, 5.74) is -1.02. The number of halogens is 3. The van der Waals surface area contributed by atoms with Gasteiger partial charge in [-0.1, -0.05) is 19.9 Å². The van der Waals surface area contributed by atoms with E-state index in [9.17, 15) is 36.0 Å². The van der Waals surface area contributed by atoms with Crippen LogP contribution in [0.4, 0.5) is 18.0 Å². The third kappa shape index (κ3) is 13.7. The van der Waals surface area contributed by atoms with E-state index in [1.165, 1.54) is 4.90 Å². The summed E-state index contributed by atoms with van der Waals surface area (Å²) in [6.45, 7) is 10.2. The van der Waals surface area contributed by atoms with Gasteiger partial charge >= 0.3 is 24.1 Å². The first kappa shape index (κ1) is 33.9. The van der Waals surface area contributed by atoms with Gasteiger partial charge in [0.25, 0.3) is 0 Å². The summed E-state index contributed by atoms with van der Waals surface area (Å²) in [6, 6.07) is 2.98. The number of amides is 2. The number of rotatable bonds is 12. The Morgan fingerprint density at radius 1 is 1.03 bits per heavy atom. The van der Waals surface area contributed by atoms with Crippen LogP contribution >= 0.6 is 0 Å². The predicted molar refractivity (Wildman–Crippen MR) is 131 cm³/mol. The average molecular weight is 554 g/mol. The van der Waals surface area contributed by atoms with Crippen LogP contribution in [0.25, 0.3) is 0 Å². The zero-order valence-electron chi connectivity index (χ0n) is 21.2. The van der Waals surface area contributed by atoms with Crippen LogP contribution < -0.4 is 5.32 Å². The molecule has 10 nitrogen and oxygen atoms in total. The van der Waals surface area contributed by atoms with Gasteiger partial charge in [-0.2, -0.15) is 13.2 Å². The number of carbonyl (C=O) groups is 3. The van der Waals surface area contributed by atoms with Crippen LogP contribution in [0, 0.1) is 0 Å². The Labute approximate surface area is 214 Å². The third-order valence-corrected chi connectivity index (χ3v) is 6.66. The van der Waals surface area contributed by atoms with Gasteiger partial charge < -0.3 is 25.3 Å². The molecule has 0 atom stereocenters. The van der Waals surface area contributed by atoms with Gasteiger partial charge in [0.1, 0.15) is 0 Å². The smallest absolute Gasteiger partial charge is 0.416 e. The van der Waals surface area contributed by atoms with E-state index in [0.29, 0.717) is 31.3 Å². The second-order valence-corrected chi connectivity index (χ2v) is 10.0. The summed E-state index contributed by atoms with van der Waals surface area (Å²) in [5.74, 6) is -2.98. The molecule has 0 aromatic heterocycles. The number of nitrogens with one attached hydrogen (secondary N) is 1. The molecule has 1 aromatic rings. The molecule has 0 radical (unpaired) electrons. The first-order valence-corrected chi connectivity index (χ1v) is 13.0. The van der Waals surface area contributed by atoms with Gasteiger partial charge in [0.05, 0.1) is 16.2 Å². The van der Waals surface area contributed by atoms with Gasteiger partial charge in [-0.3, -0.25) is 0 Å². The van der Waals surface area contributed by atoms with Crippen molar-refractivity contribution in [1.82, 2.24) is 15.1 Å². The summed E-state index contributed by atoms with van der Waals surface area (Å²) in [6.07, 6.45) is -3.51. The summed E-state index contributed by atoms with van der Waals surface area (Å²) in [7, 11) is -3.98. The van der Waals surface area contributed by atoms with E-state index in [1.807, 2.05) is 13.8 Å². The molecule has 0 fully saturated rings. The van der Waals surface area contributed by atoms with Crippen molar-refractivity contribution < 1.29 is 46.2 Å². The maximum atomic E-state index is 12.8. The minimum Gasteiger partial charge on any atom is -0.478 e. The molecular weight excluding hydrogens is 519 g/mol. The molecule has 3 N–H and O–H groups in total. The van der Waals surface area contributed by atoms with Gasteiger partial charge in [-0.25, -0.2) is 22.8 Å². The second-order valence-electron chi connectivity index (χ2n) is 7.90. The van der Waals surface area contributed by atoms with Crippen LogP contribution in [0.1, 0.15) is 33.3 Å². The van der Waals surface area contributed by atoms with Gasteiger partial charge in [-0.15, -0.1) is 0 Å².